The van der Waals surface area contributed by atoms with E-state index in [0.717, 1.165) is 13.0 Å². The summed E-state index contributed by atoms with van der Waals surface area (Å²) < 4.78 is 10.2. The van der Waals surface area contributed by atoms with Crippen LogP contribution < -0.4 is 15.4 Å². The topological polar surface area (TPSA) is 111 Å². The number of hydrogen-bond acceptors (Lipinski definition) is 7. The van der Waals surface area contributed by atoms with Crippen LogP contribution in [0.3, 0.4) is 0 Å². The van der Waals surface area contributed by atoms with Crippen molar-refractivity contribution in [1.29, 1.82) is 0 Å². The Morgan fingerprint density at radius 3 is 2.91 bits per heavy atom. The largest absolute Gasteiger partial charge is 0.481 e. The summed E-state index contributed by atoms with van der Waals surface area (Å²) in [5, 5.41) is 9.67. The van der Waals surface area contributed by atoms with E-state index in [1.54, 1.807) is 13.2 Å². The minimum absolute atomic E-state index is 0.109. The number of ether oxygens (including phenoxy) is 2. The minimum atomic E-state index is -0.832. The first-order chi connectivity index (χ1) is 10.5. The molecule has 2 heterocycles. The van der Waals surface area contributed by atoms with Crippen LogP contribution in [0.15, 0.2) is 6.07 Å². The molecule has 0 aliphatic carbocycles. The van der Waals surface area contributed by atoms with Crippen LogP contribution in [0.2, 0.25) is 0 Å². The fourth-order valence-electron chi connectivity index (χ4n) is 2.81. The number of carboxylic acids is 1. The number of aromatic nitrogens is 2. The van der Waals surface area contributed by atoms with Crippen LogP contribution in [0.1, 0.15) is 19.3 Å². The zero-order chi connectivity index (χ0) is 16.2. The molecule has 1 aliphatic rings. The van der Waals surface area contributed by atoms with Crippen molar-refractivity contribution >= 4 is 17.7 Å². The number of carbonyl (C=O) groups is 1. The molecule has 122 valence electrons. The van der Waals surface area contributed by atoms with Gasteiger partial charge in [0.2, 0.25) is 11.8 Å². The zero-order valence-electron chi connectivity index (χ0n) is 12.9. The molecular weight excluding hydrogens is 288 g/mol. The van der Waals surface area contributed by atoms with Crippen LogP contribution in [0, 0.1) is 5.41 Å². The van der Waals surface area contributed by atoms with Crippen molar-refractivity contribution in [3.8, 4) is 5.88 Å². The summed E-state index contributed by atoms with van der Waals surface area (Å²) in [5.74, 6) is 0.263. The van der Waals surface area contributed by atoms with Crippen LogP contribution in [0.4, 0.5) is 11.8 Å². The van der Waals surface area contributed by atoms with Gasteiger partial charge in [0.1, 0.15) is 5.82 Å². The molecule has 0 aromatic carbocycles. The van der Waals surface area contributed by atoms with Gasteiger partial charge in [0, 0.05) is 32.9 Å². The smallest absolute Gasteiger partial charge is 0.311 e. The van der Waals surface area contributed by atoms with Gasteiger partial charge in [-0.1, -0.05) is 0 Å². The molecule has 0 radical (unpaired) electrons. The number of hydrogen-bond donors (Lipinski definition) is 2. The van der Waals surface area contributed by atoms with Crippen molar-refractivity contribution < 1.29 is 19.4 Å². The van der Waals surface area contributed by atoms with Crippen molar-refractivity contribution in [3.63, 3.8) is 0 Å². The van der Waals surface area contributed by atoms with Gasteiger partial charge in [0.15, 0.2) is 0 Å². The predicted molar refractivity (Wildman–Crippen MR) is 81.0 cm³/mol. The van der Waals surface area contributed by atoms with E-state index in [1.165, 1.54) is 7.11 Å². The third-order valence-electron chi connectivity index (χ3n) is 4.05. The Balaban J connectivity index is 2.25. The Bertz CT molecular complexity index is 540. The van der Waals surface area contributed by atoms with Crippen molar-refractivity contribution in [1.82, 2.24) is 9.97 Å². The fraction of sp³-hybridized carbons (Fsp3) is 0.643. The molecule has 8 nitrogen and oxygen atoms in total. The molecule has 8 heteroatoms. The number of piperidine rings is 1. The molecule has 1 atom stereocenters. The lowest BCUT2D eigenvalue weighted by molar-refractivity contribution is -0.150. The molecule has 0 amide bonds. The second-order valence-electron chi connectivity index (χ2n) is 5.48. The standard InChI is InChI=1S/C14H22N4O4/c1-21-7-5-14(12(19)20)4-3-6-18(9-14)10-8-11(22-2)17-13(15)16-10/h8H,3-7,9H2,1-2H3,(H,19,20)(H2,15,16,17)/t14-/m0/s1. The van der Waals surface area contributed by atoms with E-state index in [-0.39, 0.29) is 5.95 Å². The second kappa shape index (κ2) is 6.78. The Morgan fingerprint density at radius 2 is 2.27 bits per heavy atom. The first-order valence-electron chi connectivity index (χ1n) is 7.16. The lowest BCUT2D eigenvalue weighted by Gasteiger charge is -2.40. The molecule has 0 unspecified atom stereocenters. The van der Waals surface area contributed by atoms with Gasteiger partial charge in [-0.2, -0.15) is 9.97 Å². The third-order valence-corrected chi connectivity index (χ3v) is 4.05. The van der Waals surface area contributed by atoms with Crippen molar-refractivity contribution in [2.24, 2.45) is 5.41 Å². The first-order valence-corrected chi connectivity index (χ1v) is 7.16. The van der Waals surface area contributed by atoms with E-state index < -0.39 is 11.4 Å². The zero-order valence-corrected chi connectivity index (χ0v) is 12.9. The Hall–Kier alpha value is -2.09. The molecule has 2 rings (SSSR count). The molecule has 1 fully saturated rings. The number of methoxy groups -OCH3 is 2. The quantitative estimate of drug-likeness (QED) is 0.793. The van der Waals surface area contributed by atoms with E-state index >= 15 is 0 Å². The Morgan fingerprint density at radius 1 is 1.50 bits per heavy atom. The maximum atomic E-state index is 11.8. The van der Waals surface area contributed by atoms with Crippen molar-refractivity contribution in [3.05, 3.63) is 6.07 Å². The summed E-state index contributed by atoms with van der Waals surface area (Å²) in [7, 11) is 3.08. The SMILES string of the molecule is COCC[C@@]1(C(=O)O)CCCN(c2cc(OC)nc(N)n2)C1. The number of nitrogens with two attached hydrogens (primary N) is 1. The van der Waals surface area contributed by atoms with E-state index in [2.05, 4.69) is 9.97 Å². The molecule has 0 bridgehead atoms. The van der Waals surface area contributed by atoms with Crippen LogP contribution in [0.25, 0.3) is 0 Å². The van der Waals surface area contributed by atoms with Gasteiger partial charge in [0.05, 0.1) is 12.5 Å². The van der Waals surface area contributed by atoms with Gasteiger partial charge in [-0.15, -0.1) is 0 Å². The maximum absolute atomic E-state index is 11.8. The number of aliphatic carboxylic acids is 1. The van der Waals surface area contributed by atoms with E-state index in [9.17, 15) is 9.90 Å². The van der Waals surface area contributed by atoms with Gasteiger partial charge in [-0.05, 0) is 19.3 Å². The van der Waals surface area contributed by atoms with Crippen LogP contribution in [-0.4, -0.2) is 55.0 Å². The van der Waals surface area contributed by atoms with E-state index in [4.69, 9.17) is 15.2 Å². The van der Waals surface area contributed by atoms with Crippen LogP contribution >= 0.6 is 0 Å². The normalized spacial score (nSPS) is 21.6. The summed E-state index contributed by atoms with van der Waals surface area (Å²) >= 11 is 0. The minimum Gasteiger partial charge on any atom is -0.481 e. The molecule has 0 saturated carbocycles. The average Bonchev–Trinajstić information content (AvgIpc) is 2.52. The molecule has 22 heavy (non-hydrogen) atoms. The Labute approximate surface area is 129 Å². The molecule has 1 aromatic heterocycles. The number of anilines is 2. The molecule has 0 spiro atoms. The highest BCUT2D eigenvalue weighted by Crippen LogP contribution is 2.36. The second-order valence-corrected chi connectivity index (χ2v) is 5.48. The molecule has 1 saturated heterocycles. The summed E-state index contributed by atoms with van der Waals surface area (Å²) in [6.45, 7) is 1.50. The lowest BCUT2D eigenvalue weighted by atomic mass is 9.77. The molecule has 1 aliphatic heterocycles. The van der Waals surface area contributed by atoms with Gasteiger partial charge < -0.3 is 25.2 Å². The Kier molecular flexibility index (Phi) is 5.02. The number of nitrogen functional groups attached to an aromatic ring is 1. The maximum Gasteiger partial charge on any atom is 0.311 e. The lowest BCUT2D eigenvalue weighted by Crippen LogP contribution is -2.48. The van der Waals surface area contributed by atoms with E-state index in [0.29, 0.717) is 37.7 Å². The number of nitrogens with zero attached hydrogens (tertiary/aromatic N) is 3. The first kappa shape index (κ1) is 16.3. The third kappa shape index (κ3) is 3.38. The highest BCUT2D eigenvalue weighted by Gasteiger charge is 2.42. The number of rotatable bonds is 6. The summed E-state index contributed by atoms with van der Waals surface area (Å²) in [6, 6.07) is 1.67. The highest BCUT2D eigenvalue weighted by atomic mass is 16.5. The van der Waals surface area contributed by atoms with Gasteiger partial charge in [0.25, 0.3) is 0 Å². The summed E-state index contributed by atoms with van der Waals surface area (Å²) in [4.78, 5) is 21.9. The number of carboxylic acid groups (broad SMARTS) is 1. The van der Waals surface area contributed by atoms with Gasteiger partial charge in [-0.25, -0.2) is 0 Å². The van der Waals surface area contributed by atoms with Crippen LogP contribution in [-0.2, 0) is 9.53 Å². The van der Waals surface area contributed by atoms with Gasteiger partial charge >= 0.3 is 5.97 Å². The molecule has 1 aromatic rings. The van der Waals surface area contributed by atoms with Gasteiger partial charge in [-0.3, -0.25) is 4.79 Å². The van der Waals surface area contributed by atoms with E-state index in [1.807, 2.05) is 4.90 Å². The summed E-state index contributed by atoms with van der Waals surface area (Å²) in [6.07, 6.45) is 1.86. The molecule has 3 N–H and O–H groups in total. The van der Waals surface area contributed by atoms with Crippen LogP contribution in [0.5, 0.6) is 5.88 Å². The average molecular weight is 310 g/mol. The monoisotopic (exact) mass is 310 g/mol. The van der Waals surface area contributed by atoms with Crippen molar-refractivity contribution in [2.75, 3.05) is 44.5 Å². The summed E-state index contributed by atoms with van der Waals surface area (Å²) in [5.41, 5.74) is 4.85. The molecular formula is C14H22N4O4. The predicted octanol–water partition coefficient (Wildman–Crippen LogP) is 0.775. The fourth-order valence-corrected chi connectivity index (χ4v) is 2.81. The highest BCUT2D eigenvalue weighted by molar-refractivity contribution is 5.76. The van der Waals surface area contributed by atoms with Crippen molar-refractivity contribution in [2.45, 2.75) is 19.3 Å².